The van der Waals surface area contributed by atoms with E-state index in [2.05, 4.69) is 17.1 Å². The first-order valence-electron chi connectivity index (χ1n) is 6.01. The molecule has 0 aliphatic rings. The van der Waals surface area contributed by atoms with Crippen molar-refractivity contribution >= 4 is 22.5 Å². The molecule has 1 heterocycles. The van der Waals surface area contributed by atoms with Gasteiger partial charge in [0.1, 0.15) is 0 Å². The van der Waals surface area contributed by atoms with E-state index in [4.69, 9.17) is 16.9 Å². The highest BCUT2D eigenvalue weighted by molar-refractivity contribution is 6.30. The van der Waals surface area contributed by atoms with Crippen molar-refractivity contribution < 1.29 is 0 Å². The van der Waals surface area contributed by atoms with Crippen LogP contribution in [0.15, 0.2) is 48.5 Å². The Morgan fingerprint density at radius 3 is 2.58 bits per heavy atom. The maximum atomic E-state index is 8.89. The minimum atomic E-state index is 0.685. The standard InChI is InChI=1S/C16H11ClN2/c17-14-4-1-11(2-5-14)8-15-9-13-7-12(10-18)3-6-16(13)19-15/h1-7,9,19H,8H2. The number of H-pyrrole nitrogens is 1. The zero-order chi connectivity index (χ0) is 13.2. The molecule has 0 aliphatic carbocycles. The molecule has 19 heavy (non-hydrogen) atoms. The summed E-state index contributed by atoms with van der Waals surface area (Å²) >= 11 is 5.87. The maximum Gasteiger partial charge on any atom is 0.0991 e. The van der Waals surface area contributed by atoms with Crippen molar-refractivity contribution in [2.75, 3.05) is 0 Å². The predicted octanol–water partition coefficient (Wildman–Crippen LogP) is 4.28. The van der Waals surface area contributed by atoms with Crippen molar-refractivity contribution in [3.63, 3.8) is 0 Å². The van der Waals surface area contributed by atoms with Crippen LogP contribution in [0.25, 0.3) is 10.9 Å². The smallest absolute Gasteiger partial charge is 0.0991 e. The minimum Gasteiger partial charge on any atom is -0.358 e. The number of aromatic nitrogens is 1. The molecule has 2 nitrogen and oxygen atoms in total. The van der Waals surface area contributed by atoms with E-state index in [1.807, 2.05) is 42.5 Å². The van der Waals surface area contributed by atoms with Crippen LogP contribution in [-0.2, 0) is 6.42 Å². The highest BCUT2D eigenvalue weighted by Gasteiger charge is 2.03. The first-order valence-corrected chi connectivity index (χ1v) is 6.38. The number of nitrogens with zero attached hydrogens (tertiary/aromatic N) is 1. The topological polar surface area (TPSA) is 39.6 Å². The molecule has 0 spiro atoms. The average Bonchev–Trinajstić information content (AvgIpc) is 2.82. The first kappa shape index (κ1) is 11.8. The summed E-state index contributed by atoms with van der Waals surface area (Å²) in [6.45, 7) is 0. The van der Waals surface area contributed by atoms with Gasteiger partial charge in [-0.3, -0.25) is 0 Å². The third kappa shape index (κ3) is 2.47. The second kappa shape index (κ2) is 4.79. The van der Waals surface area contributed by atoms with E-state index >= 15 is 0 Å². The monoisotopic (exact) mass is 266 g/mol. The molecule has 0 bridgehead atoms. The highest BCUT2D eigenvalue weighted by Crippen LogP contribution is 2.19. The van der Waals surface area contributed by atoms with E-state index < -0.39 is 0 Å². The number of benzene rings is 2. The molecular weight excluding hydrogens is 256 g/mol. The van der Waals surface area contributed by atoms with Crippen LogP contribution >= 0.6 is 11.6 Å². The minimum absolute atomic E-state index is 0.685. The number of halogens is 1. The molecule has 0 atom stereocenters. The summed E-state index contributed by atoms with van der Waals surface area (Å²) in [6, 6.07) is 17.7. The Hall–Kier alpha value is -2.24. The third-order valence-corrected chi connectivity index (χ3v) is 3.37. The van der Waals surface area contributed by atoms with E-state index in [-0.39, 0.29) is 0 Å². The summed E-state index contributed by atoms with van der Waals surface area (Å²) in [4.78, 5) is 3.37. The van der Waals surface area contributed by atoms with Crippen molar-refractivity contribution in [2.24, 2.45) is 0 Å². The molecule has 3 heteroatoms. The Bertz CT molecular complexity index is 764. The van der Waals surface area contributed by atoms with E-state index in [9.17, 15) is 0 Å². The molecular formula is C16H11ClN2. The van der Waals surface area contributed by atoms with Crippen molar-refractivity contribution in [1.82, 2.24) is 4.98 Å². The van der Waals surface area contributed by atoms with Gasteiger partial charge in [0, 0.05) is 28.0 Å². The van der Waals surface area contributed by atoms with Crippen LogP contribution in [0, 0.1) is 11.3 Å². The van der Waals surface area contributed by atoms with Gasteiger partial charge in [-0.25, -0.2) is 0 Å². The van der Waals surface area contributed by atoms with Gasteiger partial charge >= 0.3 is 0 Å². The van der Waals surface area contributed by atoms with Crippen LogP contribution in [0.3, 0.4) is 0 Å². The number of aromatic amines is 1. The molecule has 0 radical (unpaired) electrons. The highest BCUT2D eigenvalue weighted by atomic mass is 35.5. The Kier molecular flexibility index (Phi) is 2.98. The number of nitrogens with one attached hydrogen (secondary N) is 1. The third-order valence-electron chi connectivity index (χ3n) is 3.11. The van der Waals surface area contributed by atoms with E-state index in [0.29, 0.717) is 5.56 Å². The molecule has 0 unspecified atom stereocenters. The normalized spacial score (nSPS) is 10.5. The van der Waals surface area contributed by atoms with Gasteiger partial charge in [-0.1, -0.05) is 23.7 Å². The van der Waals surface area contributed by atoms with Gasteiger partial charge in [-0.05, 0) is 42.0 Å². The van der Waals surface area contributed by atoms with Crippen LogP contribution in [0.1, 0.15) is 16.8 Å². The van der Waals surface area contributed by atoms with Gasteiger partial charge in [0.25, 0.3) is 0 Å². The zero-order valence-electron chi connectivity index (χ0n) is 10.2. The molecule has 0 amide bonds. The summed E-state index contributed by atoms with van der Waals surface area (Å²) in [7, 11) is 0. The molecule has 0 aliphatic heterocycles. The van der Waals surface area contributed by atoms with E-state index in [1.165, 1.54) is 5.56 Å². The molecule has 0 saturated carbocycles. The predicted molar refractivity (Wildman–Crippen MR) is 77.3 cm³/mol. The Morgan fingerprint density at radius 2 is 1.84 bits per heavy atom. The summed E-state index contributed by atoms with van der Waals surface area (Å²) in [5.41, 5.74) is 4.08. The summed E-state index contributed by atoms with van der Waals surface area (Å²) in [6.07, 6.45) is 0.827. The number of fused-ring (bicyclic) bond motifs is 1. The molecule has 92 valence electrons. The lowest BCUT2D eigenvalue weighted by atomic mass is 10.1. The molecule has 1 aromatic heterocycles. The van der Waals surface area contributed by atoms with E-state index in [1.54, 1.807) is 0 Å². The molecule has 3 rings (SSSR count). The lowest BCUT2D eigenvalue weighted by molar-refractivity contribution is 1.12. The van der Waals surface area contributed by atoms with Crippen LogP contribution < -0.4 is 0 Å². The van der Waals surface area contributed by atoms with Crippen molar-refractivity contribution in [2.45, 2.75) is 6.42 Å². The Labute approximate surface area is 116 Å². The van der Waals surface area contributed by atoms with Gasteiger partial charge in [-0.15, -0.1) is 0 Å². The van der Waals surface area contributed by atoms with Crippen molar-refractivity contribution in [3.05, 3.63) is 70.4 Å². The SMILES string of the molecule is N#Cc1ccc2[nH]c(Cc3ccc(Cl)cc3)cc2c1. The largest absolute Gasteiger partial charge is 0.358 e. The van der Waals surface area contributed by atoms with E-state index in [0.717, 1.165) is 28.0 Å². The summed E-state index contributed by atoms with van der Waals surface area (Å²) in [5, 5.41) is 10.7. The number of nitriles is 1. The first-order chi connectivity index (χ1) is 9.24. The summed E-state index contributed by atoms with van der Waals surface area (Å²) in [5.74, 6) is 0. The van der Waals surface area contributed by atoms with Crippen LogP contribution in [0.4, 0.5) is 0 Å². The van der Waals surface area contributed by atoms with Crippen LogP contribution in [-0.4, -0.2) is 4.98 Å². The number of hydrogen-bond acceptors (Lipinski definition) is 1. The van der Waals surface area contributed by atoms with Gasteiger partial charge in [0.15, 0.2) is 0 Å². The van der Waals surface area contributed by atoms with Crippen LogP contribution in [0.2, 0.25) is 5.02 Å². The van der Waals surface area contributed by atoms with Gasteiger partial charge < -0.3 is 4.98 Å². The Morgan fingerprint density at radius 1 is 1.05 bits per heavy atom. The fourth-order valence-electron chi connectivity index (χ4n) is 2.18. The van der Waals surface area contributed by atoms with Crippen molar-refractivity contribution in [1.29, 1.82) is 5.26 Å². The van der Waals surface area contributed by atoms with Crippen LogP contribution in [0.5, 0.6) is 0 Å². The van der Waals surface area contributed by atoms with Gasteiger partial charge in [-0.2, -0.15) is 5.26 Å². The Balaban J connectivity index is 1.93. The lowest BCUT2D eigenvalue weighted by Crippen LogP contribution is -1.87. The quantitative estimate of drug-likeness (QED) is 0.739. The summed E-state index contributed by atoms with van der Waals surface area (Å²) < 4.78 is 0. The number of hydrogen-bond donors (Lipinski definition) is 1. The van der Waals surface area contributed by atoms with Gasteiger partial charge in [0.05, 0.1) is 11.6 Å². The zero-order valence-corrected chi connectivity index (χ0v) is 10.9. The fourth-order valence-corrected chi connectivity index (χ4v) is 2.31. The molecule has 3 aromatic rings. The molecule has 2 aromatic carbocycles. The number of rotatable bonds is 2. The molecule has 0 saturated heterocycles. The average molecular weight is 267 g/mol. The maximum absolute atomic E-state index is 8.89. The molecule has 0 fully saturated rings. The molecule has 1 N–H and O–H groups in total. The van der Waals surface area contributed by atoms with Crippen molar-refractivity contribution in [3.8, 4) is 6.07 Å². The van der Waals surface area contributed by atoms with Gasteiger partial charge in [0.2, 0.25) is 0 Å². The second-order valence-corrected chi connectivity index (χ2v) is 4.95. The fraction of sp³-hybridized carbons (Fsp3) is 0.0625. The second-order valence-electron chi connectivity index (χ2n) is 4.51. The lowest BCUT2D eigenvalue weighted by Gasteiger charge is -1.98.